The quantitative estimate of drug-likeness (QED) is 0.617. The van der Waals surface area contributed by atoms with Crippen molar-refractivity contribution in [3.63, 3.8) is 0 Å². The second-order valence-corrected chi connectivity index (χ2v) is 4.73. The summed E-state index contributed by atoms with van der Waals surface area (Å²) in [7, 11) is 0. The Labute approximate surface area is 96.6 Å². The summed E-state index contributed by atoms with van der Waals surface area (Å²) in [4.78, 5) is 11.8. The van der Waals surface area contributed by atoms with Crippen molar-refractivity contribution in [2.45, 2.75) is 39.7 Å². The average Bonchev–Trinajstić information content (AvgIpc) is 2.15. The van der Waals surface area contributed by atoms with Crippen molar-refractivity contribution in [1.29, 1.82) is 0 Å². The van der Waals surface area contributed by atoms with Gasteiger partial charge in [-0.15, -0.1) is 0 Å². The van der Waals surface area contributed by atoms with Gasteiger partial charge in [0.15, 0.2) is 0 Å². The normalized spacial score (nSPS) is 11.2. The first kappa shape index (κ1) is 12.6. The number of benzene rings is 1. The maximum Gasteiger partial charge on any atom is 0.340 e. The van der Waals surface area contributed by atoms with E-state index < -0.39 is 5.60 Å². The molecule has 0 fully saturated rings. The Hall–Kier alpha value is -1.51. The zero-order valence-corrected chi connectivity index (χ0v) is 10.3. The molecule has 0 atom stereocenters. The Morgan fingerprint density at radius 2 is 2.00 bits per heavy atom. The lowest BCUT2D eigenvalue weighted by atomic mass is 10.1. The number of rotatable bonds is 2. The van der Waals surface area contributed by atoms with Crippen LogP contribution in [0.3, 0.4) is 0 Å². The zero-order chi connectivity index (χ0) is 12.3. The Kier molecular flexibility index (Phi) is 3.58. The summed E-state index contributed by atoms with van der Waals surface area (Å²) >= 11 is 0. The van der Waals surface area contributed by atoms with Gasteiger partial charge >= 0.3 is 5.97 Å². The summed E-state index contributed by atoms with van der Waals surface area (Å²) < 4.78 is 5.29. The van der Waals surface area contributed by atoms with Gasteiger partial charge in [0.1, 0.15) is 5.60 Å². The lowest BCUT2D eigenvalue weighted by Gasteiger charge is -2.20. The summed E-state index contributed by atoms with van der Waals surface area (Å²) in [5.74, 6) is -0.361. The third-order valence-electron chi connectivity index (χ3n) is 2.20. The molecule has 0 heterocycles. The molecule has 1 rings (SSSR count). The topological polar surface area (TPSA) is 52.3 Å². The largest absolute Gasteiger partial charge is 0.456 e. The van der Waals surface area contributed by atoms with Crippen LogP contribution in [0.2, 0.25) is 0 Å². The first-order valence-corrected chi connectivity index (χ1v) is 5.46. The van der Waals surface area contributed by atoms with Gasteiger partial charge in [-0.1, -0.05) is 19.1 Å². The van der Waals surface area contributed by atoms with Crippen LogP contribution in [0.1, 0.15) is 43.6 Å². The van der Waals surface area contributed by atoms with E-state index in [2.05, 4.69) is 0 Å². The molecule has 3 heteroatoms. The van der Waals surface area contributed by atoms with Crippen molar-refractivity contribution in [3.8, 4) is 0 Å². The fourth-order valence-corrected chi connectivity index (χ4v) is 1.43. The highest BCUT2D eigenvalue weighted by Crippen LogP contribution is 2.21. The predicted octanol–water partition coefficient (Wildman–Crippen LogP) is 2.79. The standard InChI is InChI=1S/C13H19NO2/c1-5-9-7-6-8-10(11(9)14)12(15)16-13(2,3)4/h6-8H,5,14H2,1-4H3. The zero-order valence-electron chi connectivity index (χ0n) is 10.3. The minimum absolute atomic E-state index is 0.361. The van der Waals surface area contributed by atoms with E-state index in [-0.39, 0.29) is 5.97 Å². The summed E-state index contributed by atoms with van der Waals surface area (Å²) in [6, 6.07) is 5.44. The molecule has 0 radical (unpaired) electrons. The number of carbonyl (C=O) groups is 1. The maximum absolute atomic E-state index is 11.8. The fraction of sp³-hybridized carbons (Fsp3) is 0.462. The van der Waals surface area contributed by atoms with Crippen molar-refractivity contribution >= 4 is 11.7 Å². The molecular weight excluding hydrogens is 202 g/mol. The number of para-hydroxylation sites is 1. The van der Waals surface area contributed by atoms with Crippen LogP contribution in [0.4, 0.5) is 5.69 Å². The van der Waals surface area contributed by atoms with Crippen LogP contribution in [0.25, 0.3) is 0 Å². The Bertz CT molecular complexity index is 391. The molecule has 0 aliphatic carbocycles. The van der Waals surface area contributed by atoms with Crippen LogP contribution in [-0.4, -0.2) is 11.6 Å². The molecule has 0 aromatic heterocycles. The molecular formula is C13H19NO2. The molecule has 0 saturated heterocycles. The monoisotopic (exact) mass is 221 g/mol. The van der Waals surface area contributed by atoms with Crippen LogP contribution in [0, 0.1) is 0 Å². The molecule has 1 aromatic rings. The lowest BCUT2D eigenvalue weighted by Crippen LogP contribution is -2.24. The van der Waals surface area contributed by atoms with E-state index in [0.717, 1.165) is 12.0 Å². The average molecular weight is 221 g/mol. The Morgan fingerprint density at radius 1 is 1.38 bits per heavy atom. The van der Waals surface area contributed by atoms with Crippen LogP contribution in [0.5, 0.6) is 0 Å². The number of ether oxygens (including phenoxy) is 1. The number of carbonyl (C=O) groups excluding carboxylic acids is 1. The van der Waals surface area contributed by atoms with Crippen molar-refractivity contribution < 1.29 is 9.53 Å². The molecule has 0 spiro atoms. The summed E-state index contributed by atoms with van der Waals surface area (Å²) in [5, 5.41) is 0. The van der Waals surface area contributed by atoms with Crippen molar-refractivity contribution in [1.82, 2.24) is 0 Å². The summed E-state index contributed by atoms with van der Waals surface area (Å²) in [6.45, 7) is 7.52. The third kappa shape index (κ3) is 2.99. The molecule has 1 aromatic carbocycles. The van der Waals surface area contributed by atoms with E-state index in [4.69, 9.17) is 10.5 Å². The predicted molar refractivity (Wildman–Crippen MR) is 65.4 cm³/mol. The van der Waals surface area contributed by atoms with Crippen LogP contribution < -0.4 is 5.73 Å². The van der Waals surface area contributed by atoms with Crippen LogP contribution >= 0.6 is 0 Å². The van der Waals surface area contributed by atoms with E-state index in [1.807, 2.05) is 39.8 Å². The van der Waals surface area contributed by atoms with Gasteiger partial charge in [0.05, 0.1) is 5.56 Å². The molecule has 0 aliphatic heterocycles. The number of hydrogen-bond acceptors (Lipinski definition) is 3. The first-order chi connectivity index (χ1) is 7.35. The number of esters is 1. The second kappa shape index (κ2) is 4.56. The molecule has 0 unspecified atom stereocenters. The molecule has 88 valence electrons. The van der Waals surface area contributed by atoms with Gasteiger partial charge in [-0.2, -0.15) is 0 Å². The third-order valence-corrected chi connectivity index (χ3v) is 2.20. The molecule has 0 aliphatic rings. The maximum atomic E-state index is 11.8. The SMILES string of the molecule is CCc1cccc(C(=O)OC(C)(C)C)c1N. The van der Waals surface area contributed by atoms with Crippen molar-refractivity contribution in [2.75, 3.05) is 5.73 Å². The number of nitrogen functional groups attached to an aromatic ring is 1. The minimum Gasteiger partial charge on any atom is -0.456 e. The molecule has 0 saturated carbocycles. The highest BCUT2D eigenvalue weighted by Gasteiger charge is 2.20. The van der Waals surface area contributed by atoms with Gasteiger partial charge in [0, 0.05) is 5.69 Å². The number of nitrogens with two attached hydrogens (primary N) is 1. The highest BCUT2D eigenvalue weighted by molar-refractivity contribution is 5.96. The number of anilines is 1. The first-order valence-electron chi connectivity index (χ1n) is 5.46. The van der Waals surface area contributed by atoms with Gasteiger partial charge in [0.25, 0.3) is 0 Å². The minimum atomic E-state index is -0.494. The van der Waals surface area contributed by atoms with Gasteiger partial charge in [-0.25, -0.2) is 4.79 Å². The summed E-state index contributed by atoms with van der Waals surface area (Å²) in [6.07, 6.45) is 0.808. The van der Waals surface area contributed by atoms with Crippen LogP contribution in [-0.2, 0) is 11.2 Å². The smallest absolute Gasteiger partial charge is 0.340 e. The highest BCUT2D eigenvalue weighted by atomic mass is 16.6. The lowest BCUT2D eigenvalue weighted by molar-refractivity contribution is 0.00707. The van der Waals surface area contributed by atoms with E-state index >= 15 is 0 Å². The Morgan fingerprint density at radius 3 is 2.50 bits per heavy atom. The van der Waals surface area contributed by atoms with E-state index in [9.17, 15) is 4.79 Å². The molecule has 2 N–H and O–H groups in total. The second-order valence-electron chi connectivity index (χ2n) is 4.73. The van der Waals surface area contributed by atoms with E-state index in [0.29, 0.717) is 11.3 Å². The van der Waals surface area contributed by atoms with E-state index in [1.165, 1.54) is 0 Å². The molecule has 3 nitrogen and oxygen atoms in total. The van der Waals surface area contributed by atoms with Crippen molar-refractivity contribution in [2.24, 2.45) is 0 Å². The van der Waals surface area contributed by atoms with E-state index in [1.54, 1.807) is 6.07 Å². The number of aryl methyl sites for hydroxylation is 1. The van der Waals surface area contributed by atoms with Crippen LogP contribution in [0.15, 0.2) is 18.2 Å². The molecule has 0 bridgehead atoms. The Balaban J connectivity index is 3.01. The molecule has 0 amide bonds. The fourth-order valence-electron chi connectivity index (χ4n) is 1.43. The number of hydrogen-bond donors (Lipinski definition) is 1. The van der Waals surface area contributed by atoms with Crippen molar-refractivity contribution in [3.05, 3.63) is 29.3 Å². The summed E-state index contributed by atoms with van der Waals surface area (Å²) in [5.41, 5.74) is 7.37. The van der Waals surface area contributed by atoms with Gasteiger partial charge in [-0.3, -0.25) is 0 Å². The van der Waals surface area contributed by atoms with Gasteiger partial charge in [0.2, 0.25) is 0 Å². The van der Waals surface area contributed by atoms with Gasteiger partial charge in [-0.05, 0) is 38.8 Å². The molecule has 16 heavy (non-hydrogen) atoms. The van der Waals surface area contributed by atoms with Gasteiger partial charge < -0.3 is 10.5 Å².